The van der Waals surface area contributed by atoms with E-state index in [2.05, 4.69) is 4.98 Å². The van der Waals surface area contributed by atoms with Crippen LogP contribution in [0.4, 0.5) is 11.4 Å². The predicted molar refractivity (Wildman–Crippen MR) is 80.5 cm³/mol. The molecule has 2 aromatic rings. The van der Waals surface area contributed by atoms with Gasteiger partial charge in [0.15, 0.2) is 0 Å². The van der Waals surface area contributed by atoms with Crippen molar-refractivity contribution in [1.29, 1.82) is 0 Å². The lowest BCUT2D eigenvalue weighted by Crippen LogP contribution is -2.13. The number of rotatable bonds is 4. The summed E-state index contributed by atoms with van der Waals surface area (Å²) in [4.78, 5) is 16.7. The van der Waals surface area contributed by atoms with E-state index in [1.54, 1.807) is 19.1 Å². The molecule has 0 atom stereocenters. The number of anilines is 2. The summed E-state index contributed by atoms with van der Waals surface area (Å²) in [7, 11) is 0. The Labute approximate surface area is 117 Å². The van der Waals surface area contributed by atoms with Gasteiger partial charge in [0, 0.05) is 11.1 Å². The smallest absolute Gasteiger partial charge is 0.342 e. The van der Waals surface area contributed by atoms with Crippen LogP contribution in [0, 0.1) is 0 Å². The summed E-state index contributed by atoms with van der Waals surface area (Å²) >= 11 is 0. The van der Waals surface area contributed by atoms with E-state index in [1.165, 1.54) is 0 Å². The molecule has 4 N–H and O–H groups in total. The molecule has 106 valence electrons. The van der Waals surface area contributed by atoms with Crippen molar-refractivity contribution < 1.29 is 9.53 Å². The zero-order valence-electron chi connectivity index (χ0n) is 11.8. The molecule has 0 saturated carbocycles. The minimum absolute atomic E-state index is 0.304. The molecule has 0 spiro atoms. The second kappa shape index (κ2) is 5.77. The van der Waals surface area contributed by atoms with Crippen molar-refractivity contribution in [2.45, 2.75) is 26.7 Å². The number of carbonyl (C=O) groups excluding carboxylic acids is 1. The molecular formula is C15H19N3O2. The molecule has 0 radical (unpaired) electrons. The maximum absolute atomic E-state index is 12.1. The normalized spacial score (nSPS) is 10.7. The van der Waals surface area contributed by atoms with Gasteiger partial charge in [0.2, 0.25) is 0 Å². The Kier molecular flexibility index (Phi) is 4.08. The lowest BCUT2D eigenvalue weighted by atomic mass is 10.0. The minimum atomic E-state index is -0.426. The Balaban J connectivity index is 2.70. The van der Waals surface area contributed by atoms with Crippen LogP contribution in [-0.4, -0.2) is 17.6 Å². The molecule has 1 aromatic carbocycles. The molecule has 0 aliphatic carbocycles. The van der Waals surface area contributed by atoms with Crippen molar-refractivity contribution in [3.8, 4) is 0 Å². The number of ether oxygens (including phenoxy) is 1. The molecule has 1 aromatic heterocycles. The van der Waals surface area contributed by atoms with E-state index in [4.69, 9.17) is 16.2 Å². The Morgan fingerprint density at radius 2 is 2.05 bits per heavy atom. The van der Waals surface area contributed by atoms with Gasteiger partial charge in [0.05, 0.1) is 23.5 Å². The van der Waals surface area contributed by atoms with E-state index < -0.39 is 5.97 Å². The van der Waals surface area contributed by atoms with Crippen LogP contribution in [0.5, 0.6) is 0 Å². The average Bonchev–Trinajstić information content (AvgIpc) is 2.40. The highest BCUT2D eigenvalue weighted by molar-refractivity contribution is 6.05. The number of esters is 1. The van der Waals surface area contributed by atoms with Crippen molar-refractivity contribution in [3.05, 3.63) is 29.5 Å². The molecule has 1 heterocycles. The van der Waals surface area contributed by atoms with Crippen molar-refractivity contribution >= 4 is 28.2 Å². The summed E-state index contributed by atoms with van der Waals surface area (Å²) in [5.41, 5.74) is 14.7. The van der Waals surface area contributed by atoms with E-state index in [-0.39, 0.29) is 0 Å². The molecule has 0 aliphatic heterocycles. The monoisotopic (exact) mass is 273 g/mol. The first-order valence-electron chi connectivity index (χ1n) is 6.73. The number of hydrogen-bond donors (Lipinski definition) is 2. The fourth-order valence-corrected chi connectivity index (χ4v) is 2.21. The number of hydrogen-bond acceptors (Lipinski definition) is 5. The fraction of sp³-hybridized carbons (Fsp3) is 0.333. The number of benzene rings is 1. The third-order valence-corrected chi connectivity index (χ3v) is 3.09. The molecule has 20 heavy (non-hydrogen) atoms. The lowest BCUT2D eigenvalue weighted by Gasteiger charge is -2.13. The molecule has 0 bridgehead atoms. The molecule has 0 aliphatic rings. The molecule has 0 saturated heterocycles. The fourth-order valence-electron chi connectivity index (χ4n) is 2.21. The first kappa shape index (κ1) is 14.1. The Morgan fingerprint density at radius 1 is 1.30 bits per heavy atom. The number of aromatic nitrogens is 1. The largest absolute Gasteiger partial charge is 0.462 e. The van der Waals surface area contributed by atoms with Crippen LogP contribution in [0.25, 0.3) is 10.9 Å². The first-order valence-corrected chi connectivity index (χ1v) is 6.73. The molecule has 5 nitrogen and oxygen atoms in total. The second-order valence-corrected chi connectivity index (χ2v) is 4.59. The first-order chi connectivity index (χ1) is 9.58. The van der Waals surface area contributed by atoms with Crippen molar-refractivity contribution in [2.24, 2.45) is 0 Å². The summed E-state index contributed by atoms with van der Waals surface area (Å²) < 4.78 is 5.08. The molecule has 2 rings (SSSR count). The van der Waals surface area contributed by atoms with Gasteiger partial charge in [-0.05, 0) is 31.5 Å². The van der Waals surface area contributed by atoms with Crippen molar-refractivity contribution in [2.75, 3.05) is 18.1 Å². The average molecular weight is 273 g/mol. The number of fused-ring (bicyclic) bond motifs is 1. The molecule has 5 heteroatoms. The SMILES string of the molecule is CCCc1nc2ccc(N)cc2c(N)c1C(=O)OCC. The van der Waals surface area contributed by atoms with Gasteiger partial charge in [0.25, 0.3) is 0 Å². The van der Waals surface area contributed by atoms with Gasteiger partial charge >= 0.3 is 5.97 Å². The maximum atomic E-state index is 12.1. The Morgan fingerprint density at radius 3 is 2.70 bits per heavy atom. The Hall–Kier alpha value is -2.30. The van der Waals surface area contributed by atoms with Crippen LogP contribution >= 0.6 is 0 Å². The van der Waals surface area contributed by atoms with Crippen molar-refractivity contribution in [1.82, 2.24) is 4.98 Å². The highest BCUT2D eigenvalue weighted by atomic mass is 16.5. The van der Waals surface area contributed by atoms with Crippen LogP contribution in [-0.2, 0) is 11.2 Å². The van der Waals surface area contributed by atoms with Gasteiger partial charge in [-0.15, -0.1) is 0 Å². The summed E-state index contributed by atoms with van der Waals surface area (Å²) in [6, 6.07) is 5.32. The summed E-state index contributed by atoms with van der Waals surface area (Å²) in [6.07, 6.45) is 1.55. The molecular weight excluding hydrogens is 254 g/mol. The standard InChI is InChI=1S/C15H19N3O2/c1-3-5-12-13(15(19)20-4-2)14(17)10-8-9(16)6-7-11(10)18-12/h6-8H,3-5,16H2,1-2H3,(H2,17,18). The van der Waals surface area contributed by atoms with E-state index in [9.17, 15) is 4.79 Å². The van der Waals surface area contributed by atoms with Gasteiger partial charge in [-0.1, -0.05) is 13.3 Å². The number of aryl methyl sites for hydroxylation is 1. The van der Waals surface area contributed by atoms with Gasteiger partial charge in [-0.3, -0.25) is 4.98 Å². The van der Waals surface area contributed by atoms with Gasteiger partial charge < -0.3 is 16.2 Å². The van der Waals surface area contributed by atoms with Crippen LogP contribution in [0.15, 0.2) is 18.2 Å². The molecule has 0 amide bonds. The number of nitrogens with zero attached hydrogens (tertiary/aromatic N) is 1. The number of nitrogens with two attached hydrogens (primary N) is 2. The van der Waals surface area contributed by atoms with Crippen LogP contribution in [0.1, 0.15) is 36.3 Å². The topological polar surface area (TPSA) is 91.2 Å². The van der Waals surface area contributed by atoms with Crippen molar-refractivity contribution in [3.63, 3.8) is 0 Å². The highest BCUT2D eigenvalue weighted by Crippen LogP contribution is 2.28. The zero-order chi connectivity index (χ0) is 14.7. The van der Waals surface area contributed by atoms with Gasteiger partial charge in [-0.25, -0.2) is 4.79 Å². The predicted octanol–water partition coefficient (Wildman–Crippen LogP) is 2.53. The highest BCUT2D eigenvalue weighted by Gasteiger charge is 2.20. The summed E-state index contributed by atoms with van der Waals surface area (Å²) in [5, 5.41) is 0.688. The quantitative estimate of drug-likeness (QED) is 0.659. The van der Waals surface area contributed by atoms with Crippen LogP contribution in [0.3, 0.4) is 0 Å². The number of pyridine rings is 1. The van der Waals surface area contributed by atoms with Gasteiger partial charge in [0.1, 0.15) is 5.56 Å². The molecule has 0 fully saturated rings. The van der Waals surface area contributed by atoms with E-state index in [1.807, 2.05) is 13.0 Å². The number of nitrogen functional groups attached to an aromatic ring is 2. The minimum Gasteiger partial charge on any atom is -0.462 e. The Bertz CT molecular complexity index is 653. The summed E-state index contributed by atoms with van der Waals surface area (Å²) in [6.45, 7) is 4.10. The van der Waals surface area contributed by atoms with E-state index in [0.717, 1.165) is 11.9 Å². The lowest BCUT2D eigenvalue weighted by molar-refractivity contribution is 0.0526. The summed E-state index contributed by atoms with van der Waals surface area (Å²) in [5.74, 6) is -0.426. The van der Waals surface area contributed by atoms with Gasteiger partial charge in [-0.2, -0.15) is 0 Å². The van der Waals surface area contributed by atoms with Crippen LogP contribution in [0.2, 0.25) is 0 Å². The third-order valence-electron chi connectivity index (χ3n) is 3.09. The van der Waals surface area contributed by atoms with Crippen LogP contribution < -0.4 is 11.5 Å². The third kappa shape index (κ3) is 2.52. The van der Waals surface area contributed by atoms with E-state index in [0.29, 0.717) is 41.0 Å². The second-order valence-electron chi connectivity index (χ2n) is 4.59. The zero-order valence-corrected chi connectivity index (χ0v) is 11.8. The maximum Gasteiger partial charge on any atom is 0.342 e. The van der Waals surface area contributed by atoms with E-state index >= 15 is 0 Å². The molecule has 0 unspecified atom stereocenters. The number of carbonyl (C=O) groups is 1.